The second-order valence-electron chi connectivity index (χ2n) is 9.11. The Morgan fingerprint density at radius 1 is 0.579 bits per heavy atom. The summed E-state index contributed by atoms with van der Waals surface area (Å²) >= 11 is 1.63. The molecule has 0 atom stereocenters. The molecule has 0 fully saturated rings. The number of benzene rings is 5. The molecule has 0 radical (unpaired) electrons. The van der Waals surface area contributed by atoms with Gasteiger partial charge in [0.1, 0.15) is 16.2 Å². The van der Waals surface area contributed by atoms with Gasteiger partial charge in [0.2, 0.25) is 0 Å². The van der Waals surface area contributed by atoms with E-state index in [4.69, 9.17) is 9.40 Å². The summed E-state index contributed by atoms with van der Waals surface area (Å²) in [6.07, 6.45) is 0. The SMILES string of the molecule is N#Cc1cc(-c2ccc(-c3ccc4c(c3)oc3cc(C#N)ccc34)cc2)cc(-c2nc3ccccc3s2)c1. The number of hydrogen-bond acceptors (Lipinski definition) is 5. The van der Waals surface area contributed by atoms with Crippen LogP contribution in [-0.4, -0.2) is 4.98 Å². The van der Waals surface area contributed by atoms with Crippen LogP contribution in [-0.2, 0) is 0 Å². The third kappa shape index (κ3) is 3.71. The molecule has 0 saturated carbocycles. The van der Waals surface area contributed by atoms with Gasteiger partial charge >= 0.3 is 0 Å². The molecule has 0 spiro atoms. The van der Waals surface area contributed by atoms with E-state index in [0.29, 0.717) is 16.7 Å². The lowest BCUT2D eigenvalue weighted by molar-refractivity contribution is 0.669. The average Bonchev–Trinajstić information content (AvgIpc) is 3.57. The summed E-state index contributed by atoms with van der Waals surface area (Å²) in [7, 11) is 0. The van der Waals surface area contributed by atoms with E-state index in [1.165, 1.54) is 0 Å². The molecule has 5 heteroatoms. The standard InChI is InChI=1S/C33H17N3OS/c34-18-20-5-11-27-28-12-10-24(17-31(28)37-30(27)15-20)22-6-8-23(9-7-22)25-13-21(19-35)14-26(16-25)33-36-29-3-1-2-4-32(29)38-33/h1-17H. The van der Waals surface area contributed by atoms with Gasteiger partial charge in [-0.05, 0) is 82.9 Å². The lowest BCUT2D eigenvalue weighted by atomic mass is 9.97. The van der Waals surface area contributed by atoms with Gasteiger partial charge in [0, 0.05) is 16.3 Å². The van der Waals surface area contributed by atoms with E-state index in [0.717, 1.165) is 59.4 Å². The highest BCUT2D eigenvalue weighted by molar-refractivity contribution is 7.21. The van der Waals surface area contributed by atoms with Gasteiger partial charge in [0.15, 0.2) is 0 Å². The van der Waals surface area contributed by atoms with Gasteiger partial charge in [-0.1, -0.05) is 42.5 Å². The van der Waals surface area contributed by atoms with Crippen molar-refractivity contribution in [2.75, 3.05) is 0 Å². The van der Waals surface area contributed by atoms with Crippen molar-refractivity contribution in [2.45, 2.75) is 0 Å². The third-order valence-corrected chi connectivity index (χ3v) is 7.84. The Morgan fingerprint density at radius 3 is 2.00 bits per heavy atom. The zero-order valence-electron chi connectivity index (χ0n) is 20.0. The van der Waals surface area contributed by atoms with Crippen LogP contribution < -0.4 is 0 Å². The number of rotatable bonds is 3. The van der Waals surface area contributed by atoms with E-state index in [9.17, 15) is 10.5 Å². The fourth-order valence-corrected chi connectivity index (χ4v) is 5.81. The zero-order chi connectivity index (χ0) is 25.6. The summed E-state index contributed by atoms with van der Waals surface area (Å²) in [5.74, 6) is 0. The number of para-hydroxylation sites is 1. The molecule has 7 aromatic rings. The molecule has 4 nitrogen and oxygen atoms in total. The quantitative estimate of drug-likeness (QED) is 0.241. The van der Waals surface area contributed by atoms with E-state index in [-0.39, 0.29) is 0 Å². The zero-order valence-corrected chi connectivity index (χ0v) is 20.8. The molecule has 38 heavy (non-hydrogen) atoms. The highest BCUT2D eigenvalue weighted by Gasteiger charge is 2.12. The van der Waals surface area contributed by atoms with Crippen LogP contribution in [0.4, 0.5) is 0 Å². The number of furan rings is 1. The second kappa shape index (κ2) is 8.71. The molecule has 5 aromatic carbocycles. The van der Waals surface area contributed by atoms with Crippen molar-refractivity contribution < 1.29 is 4.42 Å². The van der Waals surface area contributed by atoms with Gasteiger partial charge in [-0.2, -0.15) is 10.5 Å². The Hall–Kier alpha value is -5.23. The minimum Gasteiger partial charge on any atom is -0.456 e. The maximum absolute atomic E-state index is 9.69. The number of nitriles is 2. The van der Waals surface area contributed by atoms with Crippen LogP contribution in [0.15, 0.2) is 108 Å². The van der Waals surface area contributed by atoms with Crippen molar-refractivity contribution in [3.63, 3.8) is 0 Å². The monoisotopic (exact) mass is 503 g/mol. The molecular formula is C33H17N3OS. The smallest absolute Gasteiger partial charge is 0.136 e. The van der Waals surface area contributed by atoms with Crippen LogP contribution in [0.3, 0.4) is 0 Å². The Labute approximate surface area is 222 Å². The Morgan fingerprint density at radius 2 is 1.24 bits per heavy atom. The van der Waals surface area contributed by atoms with Crippen LogP contribution in [0, 0.1) is 22.7 Å². The van der Waals surface area contributed by atoms with Gasteiger partial charge in [-0.15, -0.1) is 11.3 Å². The van der Waals surface area contributed by atoms with Gasteiger partial charge in [-0.25, -0.2) is 4.98 Å². The second-order valence-corrected chi connectivity index (χ2v) is 10.1. The lowest BCUT2D eigenvalue weighted by Crippen LogP contribution is -1.85. The van der Waals surface area contributed by atoms with Crippen LogP contribution in [0.5, 0.6) is 0 Å². The van der Waals surface area contributed by atoms with E-state index < -0.39 is 0 Å². The summed E-state index contributed by atoms with van der Waals surface area (Å²) in [6.45, 7) is 0. The number of nitrogens with zero attached hydrogens (tertiary/aromatic N) is 3. The average molecular weight is 504 g/mol. The van der Waals surface area contributed by atoms with Crippen molar-refractivity contribution >= 4 is 43.5 Å². The third-order valence-electron chi connectivity index (χ3n) is 6.76. The van der Waals surface area contributed by atoms with Crippen molar-refractivity contribution in [2.24, 2.45) is 0 Å². The Bertz CT molecular complexity index is 2070. The normalized spacial score (nSPS) is 11.1. The summed E-state index contributed by atoms with van der Waals surface area (Å²) < 4.78 is 7.19. The molecule has 0 aliphatic rings. The van der Waals surface area contributed by atoms with Gasteiger partial charge < -0.3 is 4.42 Å². The first kappa shape index (κ1) is 22.0. The van der Waals surface area contributed by atoms with Crippen molar-refractivity contribution in [1.29, 1.82) is 10.5 Å². The first-order chi connectivity index (χ1) is 18.7. The summed E-state index contributed by atoms with van der Waals surface area (Å²) in [6, 6.07) is 38.5. The minimum atomic E-state index is 0.583. The van der Waals surface area contributed by atoms with Crippen LogP contribution >= 0.6 is 11.3 Å². The molecule has 176 valence electrons. The Kier molecular flexibility index (Phi) is 5.04. The van der Waals surface area contributed by atoms with E-state index >= 15 is 0 Å². The lowest BCUT2D eigenvalue weighted by Gasteiger charge is -2.08. The van der Waals surface area contributed by atoms with Crippen molar-refractivity contribution in [3.8, 4) is 45.0 Å². The predicted octanol–water partition coefficient (Wildman–Crippen LogP) is 8.94. The molecule has 0 N–H and O–H groups in total. The molecule has 0 saturated heterocycles. The molecule has 0 unspecified atom stereocenters. The summed E-state index contributed by atoms with van der Waals surface area (Å²) in [4.78, 5) is 4.78. The van der Waals surface area contributed by atoms with Crippen LogP contribution in [0.2, 0.25) is 0 Å². The first-order valence-electron chi connectivity index (χ1n) is 12.1. The maximum Gasteiger partial charge on any atom is 0.136 e. The highest BCUT2D eigenvalue weighted by Crippen LogP contribution is 2.36. The summed E-state index contributed by atoms with van der Waals surface area (Å²) in [5, 5.41) is 21.8. The first-order valence-corrected chi connectivity index (χ1v) is 12.9. The van der Waals surface area contributed by atoms with E-state index in [1.54, 1.807) is 17.4 Å². The minimum absolute atomic E-state index is 0.583. The molecule has 7 rings (SSSR count). The van der Waals surface area contributed by atoms with Crippen LogP contribution in [0.1, 0.15) is 11.1 Å². The van der Waals surface area contributed by atoms with Gasteiger partial charge in [0.05, 0.1) is 33.5 Å². The van der Waals surface area contributed by atoms with Gasteiger partial charge in [-0.3, -0.25) is 0 Å². The highest BCUT2D eigenvalue weighted by atomic mass is 32.1. The number of thiazole rings is 1. The topological polar surface area (TPSA) is 73.6 Å². The predicted molar refractivity (Wildman–Crippen MR) is 153 cm³/mol. The molecule has 0 aliphatic heterocycles. The summed E-state index contributed by atoms with van der Waals surface area (Å²) in [5.41, 5.74) is 8.72. The number of fused-ring (bicyclic) bond motifs is 4. The number of hydrogen-bond donors (Lipinski definition) is 0. The molecule has 0 bridgehead atoms. The fraction of sp³-hybridized carbons (Fsp3) is 0. The molecule has 0 aliphatic carbocycles. The molecular weight excluding hydrogens is 486 g/mol. The molecule has 0 amide bonds. The largest absolute Gasteiger partial charge is 0.456 e. The Balaban J connectivity index is 1.25. The molecule has 2 heterocycles. The van der Waals surface area contributed by atoms with Crippen molar-refractivity contribution in [3.05, 3.63) is 114 Å². The maximum atomic E-state index is 9.69. The fourth-order valence-electron chi connectivity index (χ4n) is 4.86. The van der Waals surface area contributed by atoms with Crippen LogP contribution in [0.25, 0.3) is 65.0 Å². The number of aromatic nitrogens is 1. The van der Waals surface area contributed by atoms with Gasteiger partial charge in [0.25, 0.3) is 0 Å². The van der Waals surface area contributed by atoms with Crippen molar-refractivity contribution in [1.82, 2.24) is 4.98 Å². The van der Waals surface area contributed by atoms with E-state index in [2.05, 4.69) is 60.7 Å². The van der Waals surface area contributed by atoms with E-state index in [1.807, 2.05) is 48.5 Å². The molecule has 2 aromatic heterocycles.